The summed E-state index contributed by atoms with van der Waals surface area (Å²) < 4.78 is 13.2. The molecule has 31 heavy (non-hydrogen) atoms. The number of phenols is 1. The number of phenolic OH excluding ortho intramolecular Hbond substituents is 1. The van der Waals surface area contributed by atoms with E-state index in [1.165, 1.54) is 17.0 Å². The molecular formula is C24H24FN3O3. The molecule has 0 atom stereocenters. The number of benzene rings is 2. The van der Waals surface area contributed by atoms with Crippen LogP contribution in [0.3, 0.4) is 0 Å². The fourth-order valence-electron chi connectivity index (χ4n) is 4.08. The first-order valence-electron chi connectivity index (χ1n) is 10.1. The zero-order valence-corrected chi connectivity index (χ0v) is 17.8. The van der Waals surface area contributed by atoms with Crippen LogP contribution < -0.4 is 0 Å². The summed E-state index contributed by atoms with van der Waals surface area (Å²) in [7, 11) is 5.11. The second kappa shape index (κ2) is 7.98. The number of aromatic hydroxyl groups is 1. The number of carbonyl (C=O) groups excluding carboxylic acids is 2. The monoisotopic (exact) mass is 421 g/mol. The van der Waals surface area contributed by atoms with Crippen molar-refractivity contribution in [2.75, 3.05) is 21.1 Å². The van der Waals surface area contributed by atoms with Crippen molar-refractivity contribution in [1.82, 2.24) is 14.8 Å². The minimum atomic E-state index is -0.289. The van der Waals surface area contributed by atoms with Gasteiger partial charge in [0.1, 0.15) is 11.3 Å². The maximum atomic E-state index is 13.2. The molecule has 6 nitrogen and oxygen atoms in total. The number of hydrogen-bond acceptors (Lipinski definition) is 4. The third kappa shape index (κ3) is 3.83. The number of halogens is 1. The van der Waals surface area contributed by atoms with E-state index >= 15 is 0 Å². The van der Waals surface area contributed by atoms with E-state index in [2.05, 4.69) is 4.98 Å². The second-order valence-corrected chi connectivity index (χ2v) is 8.17. The van der Waals surface area contributed by atoms with Crippen LogP contribution in [-0.4, -0.2) is 52.8 Å². The molecule has 3 aromatic rings. The molecule has 0 aliphatic carbocycles. The molecule has 0 unspecified atom stereocenters. The lowest BCUT2D eigenvalue weighted by Crippen LogP contribution is -2.22. The average molecular weight is 421 g/mol. The van der Waals surface area contributed by atoms with Gasteiger partial charge >= 0.3 is 0 Å². The minimum absolute atomic E-state index is 0.0110. The molecular weight excluding hydrogens is 397 g/mol. The van der Waals surface area contributed by atoms with Gasteiger partial charge in [-0.3, -0.25) is 14.6 Å². The van der Waals surface area contributed by atoms with E-state index in [4.69, 9.17) is 0 Å². The van der Waals surface area contributed by atoms with E-state index in [1.807, 2.05) is 6.07 Å². The number of fused-ring (bicyclic) bond motifs is 2. The third-order valence-corrected chi connectivity index (χ3v) is 5.76. The lowest BCUT2D eigenvalue weighted by atomic mass is 9.92. The summed E-state index contributed by atoms with van der Waals surface area (Å²) in [4.78, 5) is 32.4. The summed E-state index contributed by atoms with van der Waals surface area (Å²) in [5.74, 6) is -0.660. The quantitative estimate of drug-likeness (QED) is 0.686. The van der Waals surface area contributed by atoms with Gasteiger partial charge in [-0.2, -0.15) is 0 Å². The maximum absolute atomic E-state index is 13.2. The van der Waals surface area contributed by atoms with Gasteiger partial charge in [0.15, 0.2) is 5.75 Å². The number of nitrogens with zero attached hydrogens (tertiary/aromatic N) is 3. The summed E-state index contributed by atoms with van der Waals surface area (Å²) in [6.07, 6.45) is 2.95. The second-order valence-electron chi connectivity index (χ2n) is 8.17. The van der Waals surface area contributed by atoms with Gasteiger partial charge in [-0.25, -0.2) is 4.39 Å². The molecule has 0 spiro atoms. The minimum Gasteiger partial charge on any atom is -0.505 e. The zero-order valence-electron chi connectivity index (χ0n) is 17.8. The Morgan fingerprint density at radius 1 is 1.23 bits per heavy atom. The van der Waals surface area contributed by atoms with Crippen molar-refractivity contribution in [1.29, 1.82) is 0 Å². The molecule has 0 saturated carbocycles. The van der Waals surface area contributed by atoms with Crippen LogP contribution in [-0.2, 0) is 24.2 Å². The highest BCUT2D eigenvalue weighted by Gasteiger charge is 2.33. The predicted octanol–water partition coefficient (Wildman–Crippen LogP) is 3.28. The van der Waals surface area contributed by atoms with Crippen molar-refractivity contribution in [3.05, 3.63) is 70.2 Å². The van der Waals surface area contributed by atoms with Crippen LogP contribution in [0, 0.1) is 5.82 Å². The molecule has 1 aromatic heterocycles. The van der Waals surface area contributed by atoms with Crippen molar-refractivity contribution in [3.8, 4) is 5.75 Å². The van der Waals surface area contributed by atoms with E-state index in [9.17, 15) is 19.1 Å². The van der Waals surface area contributed by atoms with Crippen LogP contribution in [0.1, 0.15) is 39.0 Å². The SMILES string of the molecule is CN(C)C(=O)CCc1c2c(c(O)c3ncc(Cc4ccc(F)cc4)cc13)C(=O)N(C)C2. The molecule has 2 amide bonds. The number of pyridine rings is 1. The van der Waals surface area contributed by atoms with E-state index in [0.717, 1.165) is 27.6 Å². The standard InChI is InChI=1S/C24H24FN3O3/c1-27(2)20(29)9-8-17-18-11-15(10-14-4-6-16(25)7-5-14)12-26-22(18)23(30)21-19(17)13-28(3)24(21)31/h4-7,11-12,30H,8-10,13H2,1-3H3. The highest BCUT2D eigenvalue weighted by molar-refractivity contribution is 6.07. The van der Waals surface area contributed by atoms with Gasteiger partial charge in [0.2, 0.25) is 5.91 Å². The van der Waals surface area contributed by atoms with Gasteiger partial charge in [0, 0.05) is 45.7 Å². The van der Waals surface area contributed by atoms with Crippen LogP contribution in [0.2, 0.25) is 0 Å². The number of hydrogen-bond donors (Lipinski definition) is 1. The average Bonchev–Trinajstić information content (AvgIpc) is 3.04. The van der Waals surface area contributed by atoms with Crippen LogP contribution in [0.25, 0.3) is 10.9 Å². The summed E-state index contributed by atoms with van der Waals surface area (Å²) in [6, 6.07) is 8.24. The number of carbonyl (C=O) groups is 2. The maximum Gasteiger partial charge on any atom is 0.258 e. The Hall–Kier alpha value is -3.48. The Bertz CT molecular complexity index is 1190. The van der Waals surface area contributed by atoms with Crippen molar-refractivity contribution >= 4 is 22.7 Å². The molecule has 2 aromatic carbocycles. The van der Waals surface area contributed by atoms with Crippen LogP contribution in [0.4, 0.5) is 4.39 Å². The molecule has 0 radical (unpaired) electrons. The molecule has 0 bridgehead atoms. The Labute approximate surface area is 179 Å². The normalized spacial score (nSPS) is 13.0. The topological polar surface area (TPSA) is 73.7 Å². The first-order chi connectivity index (χ1) is 14.8. The fraction of sp³-hybridized carbons (Fsp3) is 0.292. The lowest BCUT2D eigenvalue weighted by Gasteiger charge is -2.16. The largest absolute Gasteiger partial charge is 0.505 e. The number of amides is 2. The highest BCUT2D eigenvalue weighted by Crippen LogP contribution is 2.40. The Morgan fingerprint density at radius 3 is 2.61 bits per heavy atom. The van der Waals surface area contributed by atoms with Gasteiger partial charge in [0.25, 0.3) is 5.91 Å². The van der Waals surface area contributed by atoms with Gasteiger partial charge in [-0.15, -0.1) is 0 Å². The van der Waals surface area contributed by atoms with Gasteiger partial charge in [-0.05, 0) is 53.3 Å². The molecule has 0 fully saturated rings. The van der Waals surface area contributed by atoms with Crippen molar-refractivity contribution in [3.63, 3.8) is 0 Å². The zero-order chi connectivity index (χ0) is 22.3. The molecule has 2 heterocycles. The smallest absolute Gasteiger partial charge is 0.258 e. The fourth-order valence-corrected chi connectivity index (χ4v) is 4.08. The van der Waals surface area contributed by atoms with E-state index < -0.39 is 0 Å². The lowest BCUT2D eigenvalue weighted by molar-refractivity contribution is -0.128. The Balaban J connectivity index is 1.82. The first kappa shape index (κ1) is 20.8. The van der Waals surface area contributed by atoms with Crippen molar-refractivity contribution in [2.45, 2.75) is 25.8 Å². The molecule has 0 saturated heterocycles. The summed E-state index contributed by atoms with van der Waals surface area (Å²) in [5, 5.41) is 11.6. The molecule has 1 aliphatic rings. The third-order valence-electron chi connectivity index (χ3n) is 5.76. The van der Waals surface area contributed by atoms with Crippen LogP contribution >= 0.6 is 0 Å². The number of rotatable bonds is 5. The Morgan fingerprint density at radius 2 is 1.94 bits per heavy atom. The van der Waals surface area contributed by atoms with E-state index in [-0.39, 0.29) is 28.9 Å². The molecule has 1 aliphatic heterocycles. The van der Waals surface area contributed by atoms with Crippen LogP contribution in [0.15, 0.2) is 36.5 Å². The van der Waals surface area contributed by atoms with Crippen molar-refractivity contribution < 1.29 is 19.1 Å². The van der Waals surface area contributed by atoms with Gasteiger partial charge in [-0.1, -0.05) is 12.1 Å². The number of aryl methyl sites for hydroxylation is 1. The summed E-state index contributed by atoms with van der Waals surface area (Å²) in [5.41, 5.74) is 4.09. The van der Waals surface area contributed by atoms with Gasteiger partial charge in [0.05, 0.1) is 5.56 Å². The Kier molecular flexibility index (Phi) is 5.35. The number of aromatic nitrogens is 1. The van der Waals surface area contributed by atoms with Crippen molar-refractivity contribution in [2.24, 2.45) is 0 Å². The summed E-state index contributed by atoms with van der Waals surface area (Å²) in [6.45, 7) is 0.380. The molecule has 7 heteroatoms. The summed E-state index contributed by atoms with van der Waals surface area (Å²) >= 11 is 0. The first-order valence-corrected chi connectivity index (χ1v) is 10.1. The van der Waals surface area contributed by atoms with E-state index in [1.54, 1.807) is 44.4 Å². The molecule has 4 rings (SSSR count). The van der Waals surface area contributed by atoms with E-state index in [0.29, 0.717) is 31.3 Å². The molecule has 1 N–H and O–H groups in total. The molecule has 160 valence electrons. The van der Waals surface area contributed by atoms with Gasteiger partial charge < -0.3 is 14.9 Å². The predicted molar refractivity (Wildman–Crippen MR) is 115 cm³/mol. The van der Waals surface area contributed by atoms with Crippen LogP contribution in [0.5, 0.6) is 5.75 Å². The highest BCUT2D eigenvalue weighted by atomic mass is 19.1.